The molecule has 3 fully saturated rings. The molecule has 0 radical (unpaired) electrons. The van der Waals surface area contributed by atoms with Gasteiger partial charge in [0.05, 0.1) is 5.60 Å². The van der Waals surface area contributed by atoms with Crippen LogP contribution in [0.2, 0.25) is 0 Å². The quantitative estimate of drug-likeness (QED) is 0.782. The molecule has 21 heavy (non-hydrogen) atoms. The number of thioether (sulfide) groups is 1. The van der Waals surface area contributed by atoms with Crippen LogP contribution in [0.25, 0.3) is 0 Å². The average Bonchev–Trinajstić information content (AvgIpc) is 2.77. The Morgan fingerprint density at radius 2 is 1.76 bits per heavy atom. The molecular weight excluding hydrogens is 278 g/mol. The first-order chi connectivity index (χ1) is 10.3. The largest absolute Gasteiger partial charge is 0.375 e. The van der Waals surface area contributed by atoms with Crippen molar-refractivity contribution in [2.24, 2.45) is 5.92 Å². The molecule has 1 spiro atoms. The van der Waals surface area contributed by atoms with Crippen molar-refractivity contribution in [1.29, 1.82) is 0 Å². The zero-order valence-corrected chi connectivity index (χ0v) is 14.6. The first kappa shape index (κ1) is 16.1. The molecule has 3 heteroatoms. The third kappa shape index (κ3) is 4.39. The van der Waals surface area contributed by atoms with Crippen LogP contribution in [0, 0.1) is 5.92 Å². The zero-order chi connectivity index (χ0) is 14.5. The fourth-order valence-corrected chi connectivity index (χ4v) is 5.82. The maximum atomic E-state index is 6.23. The molecule has 0 aromatic rings. The number of hydrogen-bond donors (Lipinski definition) is 1. The van der Waals surface area contributed by atoms with Crippen molar-refractivity contribution in [3.05, 3.63) is 0 Å². The lowest BCUT2D eigenvalue weighted by atomic mass is 9.84. The molecule has 1 aliphatic carbocycles. The zero-order valence-electron chi connectivity index (χ0n) is 13.7. The molecule has 0 aromatic heterocycles. The second-order valence-corrected chi connectivity index (χ2v) is 8.77. The average molecular weight is 312 g/mol. The Balaban J connectivity index is 1.51. The Morgan fingerprint density at radius 1 is 1.05 bits per heavy atom. The molecule has 0 bridgehead atoms. The molecular formula is C18H33NOS. The second-order valence-electron chi connectivity index (χ2n) is 7.54. The van der Waals surface area contributed by atoms with Crippen molar-refractivity contribution in [3.8, 4) is 0 Å². The minimum absolute atomic E-state index is 0.227. The smallest absolute Gasteiger partial charge is 0.0713 e. The maximum absolute atomic E-state index is 6.23. The Bertz CT molecular complexity index is 303. The van der Waals surface area contributed by atoms with Crippen LogP contribution < -0.4 is 5.32 Å². The summed E-state index contributed by atoms with van der Waals surface area (Å²) in [7, 11) is 0. The summed E-state index contributed by atoms with van der Waals surface area (Å²) >= 11 is 2.10. The number of ether oxygens (including phenoxy) is 1. The normalized spacial score (nSPS) is 32.7. The van der Waals surface area contributed by atoms with E-state index >= 15 is 0 Å². The third-order valence-electron chi connectivity index (χ3n) is 6.00. The van der Waals surface area contributed by atoms with E-state index in [2.05, 4.69) is 24.0 Å². The molecule has 2 heterocycles. The van der Waals surface area contributed by atoms with Gasteiger partial charge in [-0.15, -0.1) is 0 Å². The van der Waals surface area contributed by atoms with E-state index in [0.717, 1.165) is 12.5 Å². The Kier molecular flexibility index (Phi) is 5.92. The van der Waals surface area contributed by atoms with Gasteiger partial charge >= 0.3 is 0 Å². The van der Waals surface area contributed by atoms with E-state index in [1.165, 1.54) is 75.7 Å². The van der Waals surface area contributed by atoms with E-state index in [4.69, 9.17) is 4.74 Å². The summed E-state index contributed by atoms with van der Waals surface area (Å²) in [6, 6.07) is 1.39. The molecule has 1 saturated carbocycles. The van der Waals surface area contributed by atoms with Gasteiger partial charge < -0.3 is 10.1 Å². The molecule has 2 atom stereocenters. The van der Waals surface area contributed by atoms with Gasteiger partial charge in [-0.1, -0.05) is 25.7 Å². The lowest BCUT2D eigenvalue weighted by Gasteiger charge is -2.44. The van der Waals surface area contributed by atoms with Crippen LogP contribution in [0.15, 0.2) is 0 Å². The number of nitrogens with one attached hydrogen (secondary N) is 1. The van der Waals surface area contributed by atoms with Crippen LogP contribution in [-0.2, 0) is 4.74 Å². The monoisotopic (exact) mass is 311 g/mol. The summed E-state index contributed by atoms with van der Waals surface area (Å²) in [5, 5.41) is 4.00. The summed E-state index contributed by atoms with van der Waals surface area (Å²) in [6.07, 6.45) is 13.7. The van der Waals surface area contributed by atoms with E-state index in [9.17, 15) is 0 Å². The van der Waals surface area contributed by atoms with Gasteiger partial charge in [0.25, 0.3) is 0 Å². The van der Waals surface area contributed by atoms with Crippen molar-refractivity contribution < 1.29 is 4.74 Å². The molecule has 3 aliphatic rings. The van der Waals surface area contributed by atoms with Crippen molar-refractivity contribution in [3.63, 3.8) is 0 Å². The molecule has 1 unspecified atom stereocenters. The van der Waals surface area contributed by atoms with Gasteiger partial charge in [0.2, 0.25) is 0 Å². The van der Waals surface area contributed by atoms with Crippen LogP contribution in [0.3, 0.4) is 0 Å². The summed E-state index contributed by atoms with van der Waals surface area (Å²) in [4.78, 5) is 0. The lowest BCUT2D eigenvalue weighted by Crippen LogP contribution is -2.51. The van der Waals surface area contributed by atoms with Crippen molar-refractivity contribution in [1.82, 2.24) is 5.32 Å². The number of rotatable bonds is 3. The van der Waals surface area contributed by atoms with Gasteiger partial charge in [-0.3, -0.25) is 0 Å². The van der Waals surface area contributed by atoms with Gasteiger partial charge in [0.1, 0.15) is 0 Å². The van der Waals surface area contributed by atoms with E-state index in [-0.39, 0.29) is 5.60 Å². The van der Waals surface area contributed by atoms with E-state index in [1.807, 2.05) is 0 Å². The SMILES string of the molecule is C[C@@H](NC1CCOC2(CCSCC2)C1)C1CCCCCC1. The van der Waals surface area contributed by atoms with Crippen LogP contribution >= 0.6 is 11.8 Å². The maximum Gasteiger partial charge on any atom is 0.0713 e. The highest BCUT2D eigenvalue weighted by molar-refractivity contribution is 7.99. The summed E-state index contributed by atoms with van der Waals surface area (Å²) in [5.41, 5.74) is 0.227. The highest BCUT2D eigenvalue weighted by Gasteiger charge is 2.39. The van der Waals surface area contributed by atoms with Crippen LogP contribution in [0.1, 0.15) is 71.1 Å². The molecule has 2 aliphatic heterocycles. The van der Waals surface area contributed by atoms with Gasteiger partial charge in [-0.25, -0.2) is 0 Å². The van der Waals surface area contributed by atoms with Gasteiger partial charge in [-0.2, -0.15) is 11.8 Å². The van der Waals surface area contributed by atoms with E-state index in [0.29, 0.717) is 12.1 Å². The van der Waals surface area contributed by atoms with E-state index < -0.39 is 0 Å². The van der Waals surface area contributed by atoms with Crippen LogP contribution in [0.5, 0.6) is 0 Å². The van der Waals surface area contributed by atoms with Crippen molar-refractivity contribution in [2.45, 2.75) is 88.8 Å². The van der Waals surface area contributed by atoms with Gasteiger partial charge in [0, 0.05) is 18.7 Å². The Hall–Kier alpha value is 0.270. The topological polar surface area (TPSA) is 21.3 Å². The summed E-state index contributed by atoms with van der Waals surface area (Å²) in [5.74, 6) is 3.50. The first-order valence-corrected chi connectivity index (χ1v) is 10.4. The molecule has 122 valence electrons. The number of hydrogen-bond acceptors (Lipinski definition) is 3. The highest BCUT2D eigenvalue weighted by atomic mass is 32.2. The molecule has 2 saturated heterocycles. The molecule has 0 amide bonds. The summed E-state index contributed by atoms with van der Waals surface area (Å²) in [6.45, 7) is 3.41. The molecule has 2 nitrogen and oxygen atoms in total. The third-order valence-corrected chi connectivity index (χ3v) is 6.99. The fraction of sp³-hybridized carbons (Fsp3) is 1.00. The fourth-order valence-electron chi connectivity index (χ4n) is 4.58. The van der Waals surface area contributed by atoms with Crippen molar-refractivity contribution >= 4 is 11.8 Å². The van der Waals surface area contributed by atoms with Gasteiger partial charge in [0.15, 0.2) is 0 Å². The molecule has 1 N–H and O–H groups in total. The van der Waals surface area contributed by atoms with Crippen molar-refractivity contribution in [2.75, 3.05) is 18.1 Å². The highest BCUT2D eigenvalue weighted by Crippen LogP contribution is 2.38. The van der Waals surface area contributed by atoms with Crippen LogP contribution in [-0.4, -0.2) is 35.8 Å². The minimum atomic E-state index is 0.227. The van der Waals surface area contributed by atoms with Crippen LogP contribution in [0.4, 0.5) is 0 Å². The van der Waals surface area contributed by atoms with E-state index in [1.54, 1.807) is 0 Å². The lowest BCUT2D eigenvalue weighted by molar-refractivity contribution is -0.0946. The molecule has 0 aromatic carbocycles. The Morgan fingerprint density at radius 3 is 2.48 bits per heavy atom. The van der Waals surface area contributed by atoms with Gasteiger partial charge in [-0.05, 0) is 62.9 Å². The first-order valence-electron chi connectivity index (χ1n) is 9.25. The predicted molar refractivity (Wildman–Crippen MR) is 92.1 cm³/mol. The Labute approximate surface area is 135 Å². The summed E-state index contributed by atoms with van der Waals surface area (Å²) < 4.78 is 6.23. The standard InChI is InChI=1S/C18H33NOS/c1-15(16-6-4-2-3-5-7-16)19-17-8-11-20-18(14-17)9-12-21-13-10-18/h15-17,19H,2-14H2,1H3/t15-,17?/m1/s1. The second kappa shape index (κ2) is 7.70. The molecule has 3 rings (SSSR count). The minimum Gasteiger partial charge on any atom is -0.375 e. The predicted octanol–water partition coefficient (Wildman–Crippen LogP) is 4.38.